The Kier molecular flexibility index (Phi) is 3.57. The number of tetrazole rings is 1. The Hall–Kier alpha value is -2.28. The number of nitrogens with two attached hydrogens (primary N) is 1. The molecule has 0 bridgehead atoms. The van der Waals surface area contributed by atoms with Gasteiger partial charge in [-0.1, -0.05) is 30.3 Å². The van der Waals surface area contributed by atoms with Gasteiger partial charge < -0.3 is 0 Å². The first-order valence-electron chi connectivity index (χ1n) is 5.87. The number of hydrogen-bond donors (Lipinski definition) is 2. The second-order valence-corrected chi connectivity index (χ2v) is 4.87. The predicted molar refractivity (Wildman–Crippen MR) is 69.4 cm³/mol. The third-order valence-corrected chi connectivity index (χ3v) is 2.77. The van der Waals surface area contributed by atoms with Crippen molar-refractivity contribution in [3.63, 3.8) is 0 Å². The number of carbonyl (C=O) groups excluding carboxylic acids is 1. The van der Waals surface area contributed by atoms with Crippen molar-refractivity contribution in [2.45, 2.75) is 20.4 Å². The molecule has 0 unspecified atom stereocenters. The molecule has 19 heavy (non-hydrogen) atoms. The molecule has 0 saturated carbocycles. The van der Waals surface area contributed by atoms with E-state index in [4.69, 9.17) is 5.84 Å². The lowest BCUT2D eigenvalue weighted by Crippen LogP contribution is -2.43. The highest BCUT2D eigenvalue weighted by Gasteiger charge is 2.28. The smallest absolute Gasteiger partial charge is 0.241 e. The van der Waals surface area contributed by atoms with Gasteiger partial charge in [-0.2, -0.15) is 4.80 Å². The lowest BCUT2D eigenvalue weighted by molar-refractivity contribution is -0.130. The Morgan fingerprint density at radius 2 is 2.05 bits per heavy atom. The zero-order chi connectivity index (χ0) is 13.9. The van der Waals surface area contributed by atoms with E-state index >= 15 is 0 Å². The van der Waals surface area contributed by atoms with Crippen LogP contribution in [0.1, 0.15) is 13.8 Å². The molecule has 0 aliphatic heterocycles. The Morgan fingerprint density at radius 1 is 1.37 bits per heavy atom. The number of amides is 1. The van der Waals surface area contributed by atoms with Crippen LogP contribution in [0.15, 0.2) is 30.3 Å². The zero-order valence-corrected chi connectivity index (χ0v) is 10.9. The molecule has 100 valence electrons. The van der Waals surface area contributed by atoms with E-state index in [1.807, 2.05) is 30.3 Å². The van der Waals surface area contributed by atoms with E-state index in [0.29, 0.717) is 12.4 Å². The van der Waals surface area contributed by atoms with Crippen molar-refractivity contribution in [3.8, 4) is 11.4 Å². The third-order valence-electron chi connectivity index (χ3n) is 2.77. The molecule has 0 saturated heterocycles. The van der Waals surface area contributed by atoms with E-state index in [1.54, 1.807) is 13.8 Å². The van der Waals surface area contributed by atoms with Crippen LogP contribution in [0.3, 0.4) is 0 Å². The van der Waals surface area contributed by atoms with Gasteiger partial charge in [0.05, 0.1) is 12.0 Å². The van der Waals surface area contributed by atoms with Crippen LogP contribution in [0.2, 0.25) is 0 Å². The molecule has 0 radical (unpaired) electrons. The quantitative estimate of drug-likeness (QED) is 0.469. The lowest BCUT2D eigenvalue weighted by Gasteiger charge is -2.20. The maximum atomic E-state index is 11.6. The molecule has 1 aromatic heterocycles. The van der Waals surface area contributed by atoms with Gasteiger partial charge in [-0.15, -0.1) is 10.2 Å². The topological polar surface area (TPSA) is 98.7 Å². The fourth-order valence-corrected chi connectivity index (χ4v) is 1.63. The van der Waals surface area contributed by atoms with E-state index in [1.165, 1.54) is 4.80 Å². The van der Waals surface area contributed by atoms with Crippen LogP contribution in [0.4, 0.5) is 0 Å². The number of benzene rings is 1. The summed E-state index contributed by atoms with van der Waals surface area (Å²) in [5.41, 5.74) is 2.31. The normalized spacial score (nSPS) is 11.3. The summed E-state index contributed by atoms with van der Waals surface area (Å²) in [6, 6.07) is 9.53. The van der Waals surface area contributed by atoms with Gasteiger partial charge in [0.2, 0.25) is 11.7 Å². The van der Waals surface area contributed by atoms with Crippen molar-refractivity contribution < 1.29 is 4.79 Å². The molecule has 0 spiro atoms. The van der Waals surface area contributed by atoms with Gasteiger partial charge in [0.1, 0.15) is 0 Å². The summed E-state index contributed by atoms with van der Waals surface area (Å²) in [4.78, 5) is 13.0. The summed E-state index contributed by atoms with van der Waals surface area (Å²) in [5.74, 6) is 5.40. The predicted octanol–water partition coefficient (Wildman–Crippen LogP) is 0.356. The summed E-state index contributed by atoms with van der Waals surface area (Å²) in [5, 5.41) is 12.2. The van der Waals surface area contributed by atoms with Crippen LogP contribution in [0, 0.1) is 5.41 Å². The number of hydrogen-bond acceptors (Lipinski definition) is 5. The molecule has 0 fully saturated rings. The minimum atomic E-state index is -0.705. The molecule has 7 heteroatoms. The first kappa shape index (κ1) is 13.2. The first-order chi connectivity index (χ1) is 9.03. The van der Waals surface area contributed by atoms with Gasteiger partial charge in [0.25, 0.3) is 0 Å². The molecule has 0 aliphatic carbocycles. The minimum Gasteiger partial charge on any atom is -0.294 e. The molecular formula is C12H16N6O. The average molecular weight is 260 g/mol. The van der Waals surface area contributed by atoms with E-state index in [-0.39, 0.29) is 5.91 Å². The van der Waals surface area contributed by atoms with Crippen LogP contribution < -0.4 is 11.3 Å². The van der Waals surface area contributed by atoms with E-state index < -0.39 is 5.41 Å². The van der Waals surface area contributed by atoms with Crippen molar-refractivity contribution in [3.05, 3.63) is 30.3 Å². The average Bonchev–Trinajstić information content (AvgIpc) is 2.86. The highest BCUT2D eigenvalue weighted by atomic mass is 16.2. The highest BCUT2D eigenvalue weighted by Crippen LogP contribution is 2.18. The summed E-state index contributed by atoms with van der Waals surface area (Å²) >= 11 is 0. The summed E-state index contributed by atoms with van der Waals surface area (Å²) < 4.78 is 0. The van der Waals surface area contributed by atoms with Crippen LogP contribution >= 0.6 is 0 Å². The Morgan fingerprint density at radius 3 is 2.68 bits per heavy atom. The number of hydrazine groups is 1. The van der Waals surface area contributed by atoms with Crippen molar-refractivity contribution in [2.24, 2.45) is 11.3 Å². The summed E-state index contributed by atoms with van der Waals surface area (Å²) in [7, 11) is 0. The SMILES string of the molecule is CC(C)(Cn1nnc(-c2ccccc2)n1)C(=O)NN. The van der Waals surface area contributed by atoms with Crippen LogP contribution in [0.25, 0.3) is 11.4 Å². The van der Waals surface area contributed by atoms with E-state index in [2.05, 4.69) is 20.8 Å². The van der Waals surface area contributed by atoms with E-state index in [0.717, 1.165) is 5.56 Å². The van der Waals surface area contributed by atoms with Gasteiger partial charge >= 0.3 is 0 Å². The molecule has 1 aromatic carbocycles. The molecule has 0 aliphatic rings. The van der Waals surface area contributed by atoms with Gasteiger partial charge in [-0.05, 0) is 19.1 Å². The maximum Gasteiger partial charge on any atom is 0.241 e. The Bertz CT molecular complexity index is 563. The van der Waals surface area contributed by atoms with Crippen molar-refractivity contribution in [1.82, 2.24) is 25.6 Å². The standard InChI is InChI=1S/C12H16N6O/c1-12(2,11(19)14-13)8-18-16-10(15-17-18)9-6-4-3-5-7-9/h3-7H,8,13H2,1-2H3,(H,14,19). The minimum absolute atomic E-state index is 0.272. The molecule has 2 aromatic rings. The fraction of sp³-hybridized carbons (Fsp3) is 0.333. The second-order valence-electron chi connectivity index (χ2n) is 4.87. The number of carbonyl (C=O) groups is 1. The summed E-state index contributed by atoms with van der Waals surface area (Å²) in [6.45, 7) is 3.83. The monoisotopic (exact) mass is 260 g/mol. The number of rotatable bonds is 4. The number of aromatic nitrogens is 4. The van der Waals surface area contributed by atoms with Crippen LogP contribution in [0.5, 0.6) is 0 Å². The largest absolute Gasteiger partial charge is 0.294 e. The molecule has 0 atom stereocenters. The third kappa shape index (κ3) is 2.94. The molecule has 1 amide bonds. The number of nitrogens with zero attached hydrogens (tertiary/aromatic N) is 4. The van der Waals surface area contributed by atoms with Crippen LogP contribution in [-0.2, 0) is 11.3 Å². The van der Waals surface area contributed by atoms with Crippen molar-refractivity contribution in [1.29, 1.82) is 0 Å². The molecule has 1 heterocycles. The maximum absolute atomic E-state index is 11.6. The zero-order valence-electron chi connectivity index (χ0n) is 10.9. The van der Waals surface area contributed by atoms with Gasteiger partial charge in [0.15, 0.2) is 0 Å². The van der Waals surface area contributed by atoms with Crippen LogP contribution in [-0.4, -0.2) is 26.1 Å². The molecular weight excluding hydrogens is 244 g/mol. The van der Waals surface area contributed by atoms with Gasteiger partial charge in [0, 0.05) is 5.56 Å². The first-order valence-corrected chi connectivity index (χ1v) is 5.87. The molecule has 7 nitrogen and oxygen atoms in total. The summed E-state index contributed by atoms with van der Waals surface area (Å²) in [6.07, 6.45) is 0. The molecule has 2 rings (SSSR count). The van der Waals surface area contributed by atoms with Crippen molar-refractivity contribution in [2.75, 3.05) is 0 Å². The lowest BCUT2D eigenvalue weighted by atomic mass is 9.93. The van der Waals surface area contributed by atoms with Gasteiger partial charge in [-0.25, -0.2) is 5.84 Å². The fourth-order valence-electron chi connectivity index (χ4n) is 1.63. The highest BCUT2D eigenvalue weighted by molar-refractivity contribution is 5.81. The second kappa shape index (κ2) is 5.15. The Balaban J connectivity index is 2.16. The van der Waals surface area contributed by atoms with Crippen molar-refractivity contribution >= 4 is 5.91 Å². The molecule has 3 N–H and O–H groups in total. The van der Waals surface area contributed by atoms with E-state index in [9.17, 15) is 4.79 Å². The Labute approximate surface area is 110 Å². The van der Waals surface area contributed by atoms with Gasteiger partial charge in [-0.3, -0.25) is 10.2 Å². The number of nitrogens with one attached hydrogen (secondary N) is 1.